The molecule has 0 unspecified atom stereocenters. The van der Waals surface area contributed by atoms with Crippen LogP contribution < -0.4 is 14.8 Å². The Kier molecular flexibility index (Phi) is 5.48. The molecule has 1 N–H and O–H groups in total. The zero-order valence-corrected chi connectivity index (χ0v) is 19.2. The molecule has 0 aromatic heterocycles. The summed E-state index contributed by atoms with van der Waals surface area (Å²) in [5.41, 5.74) is 3.89. The summed E-state index contributed by atoms with van der Waals surface area (Å²) in [7, 11) is 3.14. The first-order valence-corrected chi connectivity index (χ1v) is 11.1. The molecule has 7 heteroatoms. The van der Waals surface area contributed by atoms with Crippen molar-refractivity contribution in [3.05, 3.63) is 88.2 Å². The maximum Gasteiger partial charge on any atom is 0.254 e. The van der Waals surface area contributed by atoms with Crippen LogP contribution in [0.2, 0.25) is 0 Å². The third kappa shape index (κ3) is 3.48. The molecule has 2 amide bonds. The average Bonchev–Trinajstić information content (AvgIpc) is 2.85. The van der Waals surface area contributed by atoms with Gasteiger partial charge in [-0.2, -0.15) is 0 Å². The maximum absolute atomic E-state index is 14.2. The molecule has 3 aromatic rings. The summed E-state index contributed by atoms with van der Waals surface area (Å²) in [4.78, 5) is 28.9. The van der Waals surface area contributed by atoms with E-state index in [0.717, 1.165) is 11.1 Å². The number of benzene rings is 3. The number of halogens is 1. The van der Waals surface area contributed by atoms with Crippen molar-refractivity contribution in [2.75, 3.05) is 26.1 Å². The van der Waals surface area contributed by atoms with E-state index in [-0.39, 0.29) is 11.8 Å². The normalized spacial score (nSPS) is 18.5. The minimum Gasteiger partial charge on any atom is -0.493 e. The maximum atomic E-state index is 14.2. The second-order valence-corrected chi connectivity index (χ2v) is 8.62. The molecule has 5 rings (SSSR count). The molecular weight excluding hydrogens is 435 g/mol. The molecule has 0 radical (unpaired) electrons. The van der Waals surface area contributed by atoms with Crippen LogP contribution in [0.5, 0.6) is 11.5 Å². The molecule has 0 aliphatic carbocycles. The van der Waals surface area contributed by atoms with Crippen LogP contribution in [-0.2, 0) is 11.2 Å². The first-order valence-electron chi connectivity index (χ1n) is 11.1. The number of hydrogen-bond donors (Lipinski definition) is 1. The summed E-state index contributed by atoms with van der Waals surface area (Å²) in [5, 5.41) is 2.88. The zero-order chi connectivity index (χ0) is 24.0. The number of hydrogen-bond acceptors (Lipinski definition) is 4. The molecule has 2 atom stereocenters. The van der Waals surface area contributed by atoms with Gasteiger partial charge in [0.15, 0.2) is 11.5 Å². The van der Waals surface area contributed by atoms with Crippen molar-refractivity contribution in [3.63, 3.8) is 0 Å². The first kappa shape index (κ1) is 21.9. The first-order chi connectivity index (χ1) is 16.4. The number of aryl methyl sites for hydroxylation is 1. The Morgan fingerprint density at radius 3 is 2.50 bits per heavy atom. The van der Waals surface area contributed by atoms with Gasteiger partial charge in [0.05, 0.1) is 26.2 Å². The molecule has 0 fully saturated rings. The van der Waals surface area contributed by atoms with Gasteiger partial charge in [-0.3, -0.25) is 9.59 Å². The highest BCUT2D eigenvalue weighted by Gasteiger charge is 2.46. The van der Waals surface area contributed by atoms with Crippen LogP contribution in [0.25, 0.3) is 0 Å². The number of anilines is 1. The molecular formula is C27H25FN2O4. The molecule has 0 saturated carbocycles. The number of methoxy groups -OCH3 is 2. The molecule has 6 nitrogen and oxygen atoms in total. The fraction of sp³-hybridized carbons (Fsp3) is 0.259. The second-order valence-electron chi connectivity index (χ2n) is 8.62. The molecule has 0 spiro atoms. The summed E-state index contributed by atoms with van der Waals surface area (Å²) >= 11 is 0. The smallest absolute Gasteiger partial charge is 0.254 e. The van der Waals surface area contributed by atoms with Gasteiger partial charge in [-0.15, -0.1) is 0 Å². The third-order valence-corrected chi connectivity index (χ3v) is 6.75. The quantitative estimate of drug-likeness (QED) is 0.617. The van der Waals surface area contributed by atoms with Gasteiger partial charge < -0.3 is 19.7 Å². The lowest BCUT2D eigenvalue weighted by atomic mass is 9.75. The Bertz CT molecular complexity index is 1310. The SMILES string of the molecule is COc1cc2c(cc1OC)[C@H]1[C@H](C(=O)Nc3ccc(C)c(F)c3)c3ccccc3C(=O)N1CC2. The van der Waals surface area contributed by atoms with Crippen LogP contribution >= 0.6 is 0 Å². The van der Waals surface area contributed by atoms with Crippen LogP contribution in [0.15, 0.2) is 54.6 Å². The number of fused-ring (bicyclic) bond motifs is 4. The van der Waals surface area contributed by atoms with Crippen molar-refractivity contribution >= 4 is 17.5 Å². The van der Waals surface area contributed by atoms with E-state index in [0.29, 0.717) is 46.8 Å². The number of carbonyl (C=O) groups is 2. The summed E-state index contributed by atoms with van der Waals surface area (Å²) in [6.07, 6.45) is 0.637. The number of rotatable bonds is 4. The minimum absolute atomic E-state index is 0.105. The van der Waals surface area contributed by atoms with Gasteiger partial charge in [0.2, 0.25) is 5.91 Å². The number of amides is 2. The second kappa shape index (κ2) is 8.48. The van der Waals surface area contributed by atoms with Crippen molar-refractivity contribution in [2.24, 2.45) is 0 Å². The summed E-state index contributed by atoms with van der Waals surface area (Å²) < 4.78 is 25.1. The van der Waals surface area contributed by atoms with Crippen molar-refractivity contribution in [3.8, 4) is 11.5 Å². The van der Waals surface area contributed by atoms with E-state index in [4.69, 9.17) is 9.47 Å². The largest absolute Gasteiger partial charge is 0.493 e. The number of carbonyl (C=O) groups excluding carboxylic acids is 2. The van der Waals surface area contributed by atoms with Crippen LogP contribution in [0.1, 0.15) is 44.6 Å². The Labute approximate surface area is 197 Å². The lowest BCUT2D eigenvalue weighted by molar-refractivity contribution is -0.119. The lowest BCUT2D eigenvalue weighted by Gasteiger charge is -2.45. The Balaban J connectivity index is 1.64. The Hall–Kier alpha value is -3.87. The predicted molar refractivity (Wildman–Crippen MR) is 126 cm³/mol. The van der Waals surface area contributed by atoms with Crippen LogP contribution in [0.3, 0.4) is 0 Å². The average molecular weight is 461 g/mol. The monoisotopic (exact) mass is 460 g/mol. The highest BCUT2D eigenvalue weighted by atomic mass is 19.1. The predicted octanol–water partition coefficient (Wildman–Crippen LogP) is 4.63. The van der Waals surface area contributed by atoms with E-state index in [1.807, 2.05) is 24.3 Å². The lowest BCUT2D eigenvalue weighted by Crippen LogP contribution is -2.49. The van der Waals surface area contributed by atoms with Gasteiger partial charge in [0.25, 0.3) is 5.91 Å². The topological polar surface area (TPSA) is 67.9 Å². The number of nitrogens with one attached hydrogen (secondary N) is 1. The van der Waals surface area contributed by atoms with Gasteiger partial charge in [0.1, 0.15) is 5.82 Å². The Morgan fingerprint density at radius 2 is 1.76 bits per heavy atom. The molecule has 0 bridgehead atoms. The van der Waals surface area contributed by atoms with Gasteiger partial charge in [-0.1, -0.05) is 24.3 Å². The van der Waals surface area contributed by atoms with Gasteiger partial charge >= 0.3 is 0 Å². The number of ether oxygens (including phenoxy) is 2. The number of nitrogens with zero attached hydrogens (tertiary/aromatic N) is 1. The minimum atomic E-state index is -0.685. The third-order valence-electron chi connectivity index (χ3n) is 6.75. The molecule has 0 saturated heterocycles. The highest BCUT2D eigenvalue weighted by Crippen LogP contribution is 2.48. The molecule has 2 aliphatic rings. The van der Waals surface area contributed by atoms with E-state index < -0.39 is 17.8 Å². The molecule has 34 heavy (non-hydrogen) atoms. The van der Waals surface area contributed by atoms with Crippen molar-refractivity contribution in [1.82, 2.24) is 4.90 Å². The molecule has 2 heterocycles. The molecule has 2 aliphatic heterocycles. The van der Waals surface area contributed by atoms with Gasteiger partial charge in [-0.25, -0.2) is 4.39 Å². The van der Waals surface area contributed by atoms with E-state index >= 15 is 0 Å². The van der Waals surface area contributed by atoms with Crippen molar-refractivity contribution < 1.29 is 23.5 Å². The van der Waals surface area contributed by atoms with E-state index in [1.54, 1.807) is 50.3 Å². The summed E-state index contributed by atoms with van der Waals surface area (Å²) in [6, 6.07) is 15.1. The van der Waals surface area contributed by atoms with Gasteiger partial charge in [0, 0.05) is 17.8 Å². The van der Waals surface area contributed by atoms with E-state index in [2.05, 4.69) is 5.32 Å². The van der Waals surface area contributed by atoms with E-state index in [9.17, 15) is 14.0 Å². The Morgan fingerprint density at radius 1 is 1.03 bits per heavy atom. The van der Waals surface area contributed by atoms with Crippen LogP contribution in [-0.4, -0.2) is 37.5 Å². The van der Waals surface area contributed by atoms with Crippen molar-refractivity contribution in [1.29, 1.82) is 0 Å². The van der Waals surface area contributed by atoms with Crippen LogP contribution in [0, 0.1) is 12.7 Å². The van der Waals surface area contributed by atoms with Gasteiger partial charge in [-0.05, 0) is 65.9 Å². The highest BCUT2D eigenvalue weighted by molar-refractivity contribution is 6.04. The summed E-state index contributed by atoms with van der Waals surface area (Å²) in [5.74, 6) is -0.344. The standard InChI is InChI=1S/C27H25FN2O4/c1-15-8-9-17(13-21(15)28)29-26(31)24-18-6-4-5-7-19(18)27(32)30-11-10-16-12-22(33-2)23(34-3)14-20(16)25(24)30/h4-9,12-14,24-25H,10-11H2,1-3H3,(H,29,31)/t24-,25+/m1/s1. The molecule has 174 valence electrons. The summed E-state index contributed by atoms with van der Waals surface area (Å²) in [6.45, 7) is 2.14. The van der Waals surface area contributed by atoms with Crippen LogP contribution in [0.4, 0.5) is 10.1 Å². The fourth-order valence-electron chi connectivity index (χ4n) is 5.03. The fourth-order valence-corrected chi connectivity index (χ4v) is 5.03. The molecule has 3 aromatic carbocycles. The van der Waals surface area contributed by atoms with E-state index in [1.165, 1.54) is 6.07 Å². The zero-order valence-electron chi connectivity index (χ0n) is 19.2. The van der Waals surface area contributed by atoms with Crippen molar-refractivity contribution in [2.45, 2.75) is 25.3 Å².